The highest BCUT2D eigenvalue weighted by Crippen LogP contribution is 2.11. The molecule has 0 aromatic carbocycles. The average molecular weight is 707 g/mol. The van der Waals surface area contributed by atoms with Crippen LogP contribution in [-0.4, -0.2) is 75.2 Å². The van der Waals surface area contributed by atoms with E-state index in [1.165, 1.54) is 116 Å². The van der Waals surface area contributed by atoms with Gasteiger partial charge in [0.25, 0.3) is 0 Å². The molecule has 0 aliphatic rings. The molecular weight excluding hydrogens is 620 g/mol. The lowest BCUT2D eigenvalue weighted by Gasteiger charge is -2.24. The Bertz CT molecular complexity index is 696. The van der Waals surface area contributed by atoms with E-state index in [1.54, 1.807) is 0 Å². The Kier molecular flexibility index (Phi) is 43.9. The van der Waals surface area contributed by atoms with Crippen molar-refractivity contribution in [3.63, 3.8) is 0 Å². The molecule has 0 aromatic rings. The minimum Gasteiger partial charge on any atom is -0.461 e. The summed E-state index contributed by atoms with van der Waals surface area (Å²) in [6.07, 6.45) is 38.7. The van der Waals surface area contributed by atoms with Crippen LogP contribution in [0.1, 0.15) is 195 Å². The van der Waals surface area contributed by atoms with E-state index in [-0.39, 0.29) is 11.9 Å². The summed E-state index contributed by atoms with van der Waals surface area (Å²) in [7, 11) is 4.29. The molecule has 296 valence electrons. The number of esters is 2. The van der Waals surface area contributed by atoms with Crippen LogP contribution in [0.2, 0.25) is 0 Å². The van der Waals surface area contributed by atoms with Crippen molar-refractivity contribution in [1.82, 2.24) is 9.80 Å². The summed E-state index contributed by atoms with van der Waals surface area (Å²) >= 11 is 0. The van der Waals surface area contributed by atoms with E-state index in [0.717, 1.165) is 64.7 Å². The summed E-state index contributed by atoms with van der Waals surface area (Å²) in [6, 6.07) is 0. The Hall–Kier alpha value is -1.66. The fourth-order valence-electron chi connectivity index (χ4n) is 5.83. The normalized spacial score (nSPS) is 11.5. The summed E-state index contributed by atoms with van der Waals surface area (Å²) in [5.74, 6) is -0.119. The maximum Gasteiger partial charge on any atom is 0.306 e. The number of rotatable bonds is 37. The molecule has 0 amide bonds. The molecule has 0 heterocycles. The van der Waals surface area contributed by atoms with E-state index in [2.05, 4.69) is 49.9 Å². The molecule has 0 fully saturated rings. The van der Waals surface area contributed by atoms with Crippen LogP contribution in [0, 0.1) is 0 Å². The molecule has 0 spiro atoms. The Morgan fingerprint density at radius 1 is 0.440 bits per heavy atom. The van der Waals surface area contributed by atoms with Gasteiger partial charge >= 0.3 is 11.9 Å². The van der Waals surface area contributed by atoms with Crippen molar-refractivity contribution in [2.45, 2.75) is 195 Å². The number of hydrogen-bond donors (Lipinski definition) is 0. The van der Waals surface area contributed by atoms with Crippen molar-refractivity contribution in [3.8, 4) is 0 Å². The predicted molar refractivity (Wildman–Crippen MR) is 218 cm³/mol. The summed E-state index contributed by atoms with van der Waals surface area (Å²) in [5, 5.41) is 0. The van der Waals surface area contributed by atoms with Crippen LogP contribution >= 0.6 is 0 Å². The monoisotopic (exact) mass is 707 g/mol. The number of carbonyl (C=O) groups excluding carboxylic acids is 2. The van der Waals surface area contributed by atoms with Crippen molar-refractivity contribution >= 4 is 11.9 Å². The molecule has 0 rings (SSSR count). The van der Waals surface area contributed by atoms with Gasteiger partial charge in [0.2, 0.25) is 0 Å². The quantitative estimate of drug-likeness (QED) is 0.0364. The molecule has 0 aliphatic carbocycles. The molecule has 0 saturated carbocycles. The first-order valence-corrected chi connectivity index (χ1v) is 21.5. The van der Waals surface area contributed by atoms with Gasteiger partial charge < -0.3 is 19.3 Å². The molecule has 6 heteroatoms. The van der Waals surface area contributed by atoms with Gasteiger partial charge in [0.05, 0.1) is 0 Å². The molecule has 0 radical (unpaired) electrons. The summed E-state index contributed by atoms with van der Waals surface area (Å²) in [5.41, 5.74) is 0. The molecule has 0 bridgehead atoms. The van der Waals surface area contributed by atoms with Crippen LogP contribution in [0.25, 0.3) is 0 Å². The standard InChI is InChI=1S/C42H80N2O4.C2H6/c1-5-7-9-11-13-15-17-25-31-39-47-41(45)33-27-21-19-23-29-35-44(38-37-43(3)4)36-30-24-20-22-28-34-42(46)48-40-32-26-18-16-14-12-10-8-6-2;1-2/h25-26,31-32H,5-24,27-30,33-40H2,1-4H3;1-2H3/b31-25+,32-26+;. The van der Waals surface area contributed by atoms with Crippen LogP contribution in [0.15, 0.2) is 24.3 Å². The topological polar surface area (TPSA) is 59.1 Å². The molecule has 0 unspecified atom stereocenters. The summed E-state index contributed by atoms with van der Waals surface area (Å²) < 4.78 is 10.7. The van der Waals surface area contributed by atoms with Crippen molar-refractivity contribution < 1.29 is 19.1 Å². The van der Waals surface area contributed by atoms with Gasteiger partial charge in [-0.3, -0.25) is 9.59 Å². The predicted octanol–water partition coefficient (Wildman–Crippen LogP) is 12.3. The lowest BCUT2D eigenvalue weighted by atomic mass is 10.1. The maximum atomic E-state index is 12.0. The first-order valence-electron chi connectivity index (χ1n) is 21.5. The van der Waals surface area contributed by atoms with Gasteiger partial charge in [0.1, 0.15) is 13.2 Å². The number of likely N-dealkylation sites (N-methyl/N-ethyl adjacent to an activating group) is 1. The Morgan fingerprint density at radius 2 is 0.800 bits per heavy atom. The Morgan fingerprint density at radius 3 is 1.20 bits per heavy atom. The highest BCUT2D eigenvalue weighted by molar-refractivity contribution is 5.69. The number of hydrogen-bond acceptors (Lipinski definition) is 6. The van der Waals surface area contributed by atoms with Crippen LogP contribution < -0.4 is 0 Å². The molecule has 0 atom stereocenters. The van der Waals surface area contributed by atoms with Gasteiger partial charge in [-0.1, -0.05) is 155 Å². The van der Waals surface area contributed by atoms with Crippen molar-refractivity contribution in [1.29, 1.82) is 0 Å². The highest BCUT2D eigenvalue weighted by Gasteiger charge is 2.07. The lowest BCUT2D eigenvalue weighted by Crippen LogP contribution is -2.33. The van der Waals surface area contributed by atoms with Gasteiger partial charge in [-0.2, -0.15) is 0 Å². The second kappa shape index (κ2) is 43.5. The molecule has 0 aliphatic heterocycles. The summed E-state index contributed by atoms with van der Waals surface area (Å²) in [4.78, 5) is 28.9. The highest BCUT2D eigenvalue weighted by atomic mass is 16.5. The third-order valence-corrected chi connectivity index (χ3v) is 9.04. The van der Waals surface area contributed by atoms with Gasteiger partial charge in [0.15, 0.2) is 0 Å². The van der Waals surface area contributed by atoms with Crippen molar-refractivity contribution in [3.05, 3.63) is 24.3 Å². The van der Waals surface area contributed by atoms with E-state index in [0.29, 0.717) is 26.1 Å². The van der Waals surface area contributed by atoms with E-state index >= 15 is 0 Å². The molecule has 6 nitrogen and oxygen atoms in total. The second-order valence-electron chi connectivity index (χ2n) is 14.1. The lowest BCUT2D eigenvalue weighted by molar-refractivity contribution is -0.143. The van der Waals surface area contributed by atoms with Crippen molar-refractivity contribution in [2.75, 3.05) is 53.5 Å². The number of unbranched alkanes of at least 4 members (excludes halogenated alkanes) is 20. The molecule has 0 N–H and O–H groups in total. The van der Waals surface area contributed by atoms with Gasteiger partial charge in [-0.15, -0.1) is 0 Å². The van der Waals surface area contributed by atoms with Crippen LogP contribution in [-0.2, 0) is 19.1 Å². The molecule has 50 heavy (non-hydrogen) atoms. The molecular formula is C44H86N2O4. The second-order valence-corrected chi connectivity index (χ2v) is 14.1. The SMILES string of the molecule is CC.CCCCCCCC/C=C/COC(=O)CCCCCCCN(CCCCCCCC(=O)OC/C=C/CCCCCCCC)CCN(C)C. The largest absolute Gasteiger partial charge is 0.461 e. The van der Waals surface area contributed by atoms with E-state index in [1.807, 2.05) is 26.0 Å². The zero-order chi connectivity index (χ0) is 37.2. The fourth-order valence-corrected chi connectivity index (χ4v) is 5.83. The van der Waals surface area contributed by atoms with Crippen LogP contribution in [0.5, 0.6) is 0 Å². The van der Waals surface area contributed by atoms with Gasteiger partial charge in [-0.25, -0.2) is 0 Å². The fraction of sp³-hybridized carbons (Fsp3) is 0.864. The zero-order valence-electron chi connectivity index (χ0n) is 34.5. The van der Waals surface area contributed by atoms with Gasteiger partial charge in [-0.05, 0) is 78.6 Å². The van der Waals surface area contributed by atoms with E-state index < -0.39 is 0 Å². The zero-order valence-corrected chi connectivity index (χ0v) is 34.5. The minimum atomic E-state index is -0.0595. The average Bonchev–Trinajstić information content (AvgIpc) is 3.11. The summed E-state index contributed by atoms with van der Waals surface area (Å²) in [6.45, 7) is 13.9. The van der Waals surface area contributed by atoms with Crippen LogP contribution in [0.4, 0.5) is 0 Å². The Balaban J connectivity index is 0. The minimum absolute atomic E-state index is 0.0595. The smallest absolute Gasteiger partial charge is 0.306 e. The number of nitrogens with zero attached hydrogens (tertiary/aromatic N) is 2. The number of allylic oxidation sites excluding steroid dienone is 2. The molecule has 0 saturated heterocycles. The van der Waals surface area contributed by atoms with Crippen molar-refractivity contribution in [2.24, 2.45) is 0 Å². The first-order chi connectivity index (χ1) is 24.5. The van der Waals surface area contributed by atoms with Crippen LogP contribution in [0.3, 0.4) is 0 Å². The molecule has 0 aromatic heterocycles. The Labute approximate surface area is 312 Å². The van der Waals surface area contributed by atoms with E-state index in [4.69, 9.17) is 9.47 Å². The third-order valence-electron chi connectivity index (χ3n) is 9.04. The number of carbonyl (C=O) groups is 2. The van der Waals surface area contributed by atoms with Gasteiger partial charge in [0, 0.05) is 25.9 Å². The van der Waals surface area contributed by atoms with E-state index in [9.17, 15) is 9.59 Å². The number of ether oxygens (including phenoxy) is 2. The first kappa shape index (κ1) is 50.4. The third kappa shape index (κ3) is 42.5. The maximum absolute atomic E-state index is 12.0.